The fraction of sp³-hybridized carbons (Fsp3) is 0.250. The van der Waals surface area contributed by atoms with E-state index in [0.717, 1.165) is 28.5 Å². The number of hydrogen-bond donors (Lipinski definition) is 3. The summed E-state index contributed by atoms with van der Waals surface area (Å²) in [5.41, 5.74) is 4.73. The van der Waals surface area contributed by atoms with Crippen molar-refractivity contribution < 1.29 is 19.4 Å². The first kappa shape index (κ1) is 24.6. The minimum absolute atomic E-state index is 0.0719. The van der Waals surface area contributed by atoms with E-state index in [4.69, 9.17) is 21.7 Å². The average molecular weight is 517 g/mol. The zero-order valence-corrected chi connectivity index (χ0v) is 21.3. The number of piperidine rings is 1. The third-order valence-corrected chi connectivity index (χ3v) is 6.79. The van der Waals surface area contributed by atoms with E-state index in [1.165, 1.54) is 0 Å². The van der Waals surface area contributed by atoms with Gasteiger partial charge < -0.3 is 24.8 Å². The minimum Gasteiger partial charge on any atom is -0.508 e. The Morgan fingerprint density at radius 2 is 1.76 bits per heavy atom. The minimum atomic E-state index is -0.458. The van der Waals surface area contributed by atoms with Gasteiger partial charge in [0, 0.05) is 50.5 Å². The van der Waals surface area contributed by atoms with Crippen molar-refractivity contribution in [2.24, 2.45) is 5.10 Å². The van der Waals surface area contributed by atoms with E-state index in [-0.39, 0.29) is 11.7 Å². The van der Waals surface area contributed by atoms with E-state index in [2.05, 4.69) is 15.8 Å². The van der Waals surface area contributed by atoms with E-state index in [1.54, 1.807) is 25.1 Å². The van der Waals surface area contributed by atoms with Crippen LogP contribution >= 0.6 is 12.2 Å². The molecule has 0 aromatic heterocycles. The summed E-state index contributed by atoms with van der Waals surface area (Å²) in [5.74, 6) is 2.35. The zero-order chi connectivity index (χ0) is 25.8. The highest BCUT2D eigenvalue weighted by molar-refractivity contribution is 7.80. The highest BCUT2D eigenvalue weighted by atomic mass is 32.1. The summed E-state index contributed by atoms with van der Waals surface area (Å²) in [4.78, 5) is 13.6. The molecule has 2 aliphatic heterocycles. The molecular formula is C28H28N4O4S. The van der Waals surface area contributed by atoms with Crippen molar-refractivity contribution in [2.45, 2.75) is 31.8 Å². The summed E-state index contributed by atoms with van der Waals surface area (Å²) in [5, 5.41) is 18.1. The van der Waals surface area contributed by atoms with Gasteiger partial charge in [0.2, 0.25) is 5.91 Å². The number of benzene rings is 3. The van der Waals surface area contributed by atoms with E-state index in [1.807, 2.05) is 59.5 Å². The molecule has 0 unspecified atom stereocenters. The number of amides is 1. The van der Waals surface area contributed by atoms with Gasteiger partial charge in [0.15, 0.2) is 5.11 Å². The quantitative estimate of drug-likeness (QED) is 0.330. The first-order chi connectivity index (χ1) is 17.9. The molecule has 0 aliphatic carbocycles. The van der Waals surface area contributed by atoms with Gasteiger partial charge in [-0.15, -0.1) is 0 Å². The van der Waals surface area contributed by atoms with Gasteiger partial charge in [0.25, 0.3) is 0 Å². The Morgan fingerprint density at radius 1 is 1.05 bits per heavy atom. The molecule has 3 aromatic rings. The number of hydrazone groups is 1. The van der Waals surface area contributed by atoms with Crippen molar-refractivity contribution in [3.8, 4) is 23.0 Å². The highest BCUT2D eigenvalue weighted by Crippen LogP contribution is 2.40. The van der Waals surface area contributed by atoms with Crippen LogP contribution in [0.5, 0.6) is 23.0 Å². The first-order valence-corrected chi connectivity index (χ1v) is 12.5. The Balaban J connectivity index is 1.26. The number of para-hydroxylation sites is 1. The molecule has 0 radical (unpaired) electrons. The lowest BCUT2D eigenvalue weighted by Gasteiger charge is -2.44. The van der Waals surface area contributed by atoms with Crippen LogP contribution in [0.15, 0.2) is 77.9 Å². The molecule has 1 fully saturated rings. The van der Waals surface area contributed by atoms with Crippen molar-refractivity contribution in [1.82, 2.24) is 10.3 Å². The summed E-state index contributed by atoms with van der Waals surface area (Å²) >= 11 is 5.47. The van der Waals surface area contributed by atoms with E-state index < -0.39 is 5.60 Å². The maximum atomic E-state index is 11.8. The lowest BCUT2D eigenvalue weighted by atomic mass is 9.82. The molecule has 2 heterocycles. The Bertz CT molecular complexity index is 1320. The van der Waals surface area contributed by atoms with Crippen molar-refractivity contribution >= 4 is 34.6 Å². The molecule has 190 valence electrons. The monoisotopic (exact) mass is 516 g/mol. The maximum Gasteiger partial charge on any atom is 0.219 e. The smallest absolute Gasteiger partial charge is 0.219 e. The molecule has 0 atom stereocenters. The second-order valence-electron chi connectivity index (χ2n) is 9.21. The SMILES string of the molecule is CC(=O)N1CCC2(CC1)C/C(=N/NC(=S)Nc1ccc(Oc3ccccc3)cc1)c1cc(O)ccc1O2. The summed E-state index contributed by atoms with van der Waals surface area (Å²) < 4.78 is 12.2. The van der Waals surface area contributed by atoms with Crippen LogP contribution < -0.4 is 20.2 Å². The largest absolute Gasteiger partial charge is 0.508 e. The van der Waals surface area contributed by atoms with Crippen molar-refractivity contribution in [3.63, 3.8) is 0 Å². The van der Waals surface area contributed by atoms with Gasteiger partial charge in [-0.05, 0) is 66.8 Å². The van der Waals surface area contributed by atoms with E-state index in [9.17, 15) is 9.90 Å². The molecule has 2 aliphatic rings. The summed E-state index contributed by atoms with van der Waals surface area (Å²) in [7, 11) is 0. The third-order valence-electron chi connectivity index (χ3n) is 6.59. The second kappa shape index (κ2) is 10.5. The predicted octanol–water partition coefficient (Wildman–Crippen LogP) is 5.04. The number of ether oxygens (including phenoxy) is 2. The van der Waals surface area contributed by atoms with Crippen LogP contribution in [0.2, 0.25) is 0 Å². The van der Waals surface area contributed by atoms with Crippen LogP contribution in [0.4, 0.5) is 5.69 Å². The van der Waals surface area contributed by atoms with E-state index >= 15 is 0 Å². The van der Waals surface area contributed by atoms with E-state index in [0.29, 0.717) is 43.2 Å². The molecule has 1 spiro atoms. The van der Waals surface area contributed by atoms with Crippen LogP contribution in [0.25, 0.3) is 0 Å². The standard InChI is InChI=1S/C28H28N4O4S/c1-19(33)32-15-13-28(14-16-32)18-25(24-17-21(34)9-12-26(24)36-28)30-31-27(37)29-20-7-10-23(11-8-20)35-22-5-3-2-4-6-22/h2-12,17,34H,13-16,18H2,1H3,(H2,29,31,37)/b30-25-. The molecule has 3 aromatic carbocycles. The number of hydrogen-bond acceptors (Lipinski definition) is 6. The Labute approximate surface area is 220 Å². The van der Waals surface area contributed by atoms with Crippen LogP contribution in [0, 0.1) is 0 Å². The average Bonchev–Trinajstić information content (AvgIpc) is 2.90. The number of aromatic hydroxyl groups is 1. The van der Waals surface area contributed by atoms with Gasteiger partial charge in [-0.3, -0.25) is 10.2 Å². The molecule has 3 N–H and O–H groups in total. The molecule has 8 nitrogen and oxygen atoms in total. The van der Waals surface area contributed by atoms with Crippen LogP contribution in [-0.2, 0) is 4.79 Å². The van der Waals surface area contributed by atoms with Gasteiger partial charge in [0.05, 0.1) is 5.71 Å². The number of likely N-dealkylation sites (tertiary alicyclic amines) is 1. The van der Waals surface area contributed by atoms with Crippen LogP contribution in [0.1, 0.15) is 31.7 Å². The molecule has 1 saturated heterocycles. The number of nitrogens with zero attached hydrogens (tertiary/aromatic N) is 2. The van der Waals surface area contributed by atoms with Gasteiger partial charge in [0.1, 0.15) is 28.6 Å². The molecule has 9 heteroatoms. The fourth-order valence-electron chi connectivity index (χ4n) is 4.62. The fourth-order valence-corrected chi connectivity index (χ4v) is 4.78. The van der Waals surface area contributed by atoms with Gasteiger partial charge in [-0.1, -0.05) is 18.2 Å². The number of carbonyl (C=O) groups is 1. The number of carbonyl (C=O) groups excluding carboxylic acids is 1. The number of phenols is 1. The number of fused-ring (bicyclic) bond motifs is 1. The molecule has 0 bridgehead atoms. The highest BCUT2D eigenvalue weighted by Gasteiger charge is 2.42. The van der Waals surface area contributed by atoms with Crippen molar-refractivity contribution in [1.29, 1.82) is 0 Å². The maximum absolute atomic E-state index is 11.8. The van der Waals surface area contributed by atoms with Crippen LogP contribution in [-0.4, -0.2) is 45.4 Å². The normalized spacial score (nSPS) is 17.0. The lowest BCUT2D eigenvalue weighted by molar-refractivity contribution is -0.132. The molecular weight excluding hydrogens is 488 g/mol. The first-order valence-electron chi connectivity index (χ1n) is 12.1. The number of anilines is 1. The second-order valence-corrected chi connectivity index (χ2v) is 9.62. The van der Waals surface area contributed by atoms with Gasteiger partial charge in [-0.2, -0.15) is 5.10 Å². The van der Waals surface area contributed by atoms with Gasteiger partial charge in [-0.25, -0.2) is 0 Å². The summed E-state index contributed by atoms with van der Waals surface area (Å²) in [6.07, 6.45) is 1.94. The van der Waals surface area contributed by atoms with Crippen LogP contribution in [0.3, 0.4) is 0 Å². The lowest BCUT2D eigenvalue weighted by Crippen LogP contribution is -2.52. The van der Waals surface area contributed by atoms with Gasteiger partial charge >= 0.3 is 0 Å². The van der Waals surface area contributed by atoms with Crippen molar-refractivity contribution in [2.75, 3.05) is 18.4 Å². The number of phenolic OH excluding ortho intramolecular Hbond substituents is 1. The number of thiocarbonyl (C=S) groups is 1. The predicted molar refractivity (Wildman–Crippen MR) is 146 cm³/mol. The Morgan fingerprint density at radius 3 is 2.46 bits per heavy atom. The number of rotatable bonds is 4. The zero-order valence-electron chi connectivity index (χ0n) is 20.4. The summed E-state index contributed by atoms with van der Waals surface area (Å²) in [6.45, 7) is 2.85. The third kappa shape index (κ3) is 5.83. The summed E-state index contributed by atoms with van der Waals surface area (Å²) in [6, 6.07) is 22.1. The Hall–Kier alpha value is -4.11. The molecule has 1 amide bonds. The molecule has 0 saturated carbocycles. The molecule has 37 heavy (non-hydrogen) atoms. The number of nitrogens with one attached hydrogen (secondary N) is 2. The molecule has 5 rings (SSSR count). The Kier molecular flexibility index (Phi) is 6.96. The topological polar surface area (TPSA) is 95.4 Å². The van der Waals surface area contributed by atoms with Crippen molar-refractivity contribution in [3.05, 3.63) is 78.4 Å².